The summed E-state index contributed by atoms with van der Waals surface area (Å²) >= 11 is 0. The van der Waals surface area contributed by atoms with Crippen LogP contribution in [0.4, 0.5) is 0 Å². The molecule has 0 amide bonds. The summed E-state index contributed by atoms with van der Waals surface area (Å²) in [4.78, 5) is 0. The van der Waals surface area contributed by atoms with Gasteiger partial charge in [0.1, 0.15) is 24.2 Å². The van der Waals surface area contributed by atoms with Gasteiger partial charge in [0.05, 0.1) is 5.39 Å². The predicted molar refractivity (Wildman–Crippen MR) is 98.7 cm³/mol. The SMILES string of the molecule is CC(C)(C)NCC(O)COc1ccc2onc(-c3ccccc3)c2c1. The second kappa shape index (κ2) is 7.25. The van der Waals surface area contributed by atoms with Crippen molar-refractivity contribution in [1.82, 2.24) is 10.5 Å². The average Bonchev–Trinajstić information content (AvgIpc) is 3.01. The Morgan fingerprint density at radius 1 is 1.16 bits per heavy atom. The minimum atomic E-state index is -0.578. The van der Waals surface area contributed by atoms with Crippen molar-refractivity contribution in [2.75, 3.05) is 13.2 Å². The Balaban J connectivity index is 1.71. The molecule has 132 valence electrons. The van der Waals surface area contributed by atoms with Crippen molar-refractivity contribution in [2.24, 2.45) is 0 Å². The molecule has 0 saturated carbocycles. The number of aliphatic hydroxyl groups is 1. The van der Waals surface area contributed by atoms with Crippen molar-refractivity contribution >= 4 is 11.0 Å². The third-order valence-electron chi connectivity index (χ3n) is 3.80. The summed E-state index contributed by atoms with van der Waals surface area (Å²) in [6.07, 6.45) is -0.578. The van der Waals surface area contributed by atoms with E-state index in [1.165, 1.54) is 0 Å². The van der Waals surface area contributed by atoms with E-state index >= 15 is 0 Å². The average molecular weight is 340 g/mol. The van der Waals surface area contributed by atoms with Gasteiger partial charge in [0.15, 0.2) is 5.58 Å². The predicted octanol–water partition coefficient (Wildman–Crippen LogP) is 3.62. The van der Waals surface area contributed by atoms with Crippen LogP contribution in [-0.2, 0) is 0 Å². The molecule has 1 aromatic heterocycles. The van der Waals surface area contributed by atoms with Crippen LogP contribution >= 0.6 is 0 Å². The Kier molecular flexibility index (Phi) is 5.06. The number of benzene rings is 2. The van der Waals surface area contributed by atoms with E-state index in [0.29, 0.717) is 17.9 Å². The van der Waals surface area contributed by atoms with Gasteiger partial charge in [0.2, 0.25) is 0 Å². The van der Waals surface area contributed by atoms with E-state index in [2.05, 4.69) is 31.2 Å². The molecule has 0 aliphatic heterocycles. The minimum Gasteiger partial charge on any atom is -0.491 e. The van der Waals surface area contributed by atoms with Crippen LogP contribution in [-0.4, -0.2) is 35.1 Å². The number of hydrogen-bond acceptors (Lipinski definition) is 5. The summed E-state index contributed by atoms with van der Waals surface area (Å²) < 4.78 is 11.1. The number of aromatic nitrogens is 1. The zero-order chi connectivity index (χ0) is 17.9. The van der Waals surface area contributed by atoms with Crippen molar-refractivity contribution in [3.8, 4) is 17.0 Å². The highest BCUT2D eigenvalue weighted by molar-refractivity contribution is 5.92. The lowest BCUT2D eigenvalue weighted by Gasteiger charge is -2.22. The molecule has 0 spiro atoms. The Morgan fingerprint density at radius 2 is 1.92 bits per heavy atom. The van der Waals surface area contributed by atoms with Crippen LogP contribution in [0.25, 0.3) is 22.2 Å². The van der Waals surface area contributed by atoms with Crippen LogP contribution in [0.15, 0.2) is 53.1 Å². The number of ether oxygens (including phenoxy) is 1. The van der Waals surface area contributed by atoms with Gasteiger partial charge < -0.3 is 19.7 Å². The highest BCUT2D eigenvalue weighted by Gasteiger charge is 2.14. The summed E-state index contributed by atoms with van der Waals surface area (Å²) in [5.41, 5.74) is 2.46. The van der Waals surface area contributed by atoms with Crippen LogP contribution < -0.4 is 10.1 Å². The Hall–Kier alpha value is -2.37. The smallest absolute Gasteiger partial charge is 0.167 e. The molecular formula is C20H24N2O3. The van der Waals surface area contributed by atoms with Crippen molar-refractivity contribution in [3.63, 3.8) is 0 Å². The van der Waals surface area contributed by atoms with E-state index in [9.17, 15) is 5.11 Å². The first kappa shape index (κ1) is 17.5. The lowest BCUT2D eigenvalue weighted by Crippen LogP contribution is -2.42. The molecule has 1 heterocycles. The van der Waals surface area contributed by atoms with Crippen LogP contribution in [0.5, 0.6) is 5.75 Å². The van der Waals surface area contributed by atoms with Gasteiger partial charge in [-0.15, -0.1) is 0 Å². The molecule has 2 N–H and O–H groups in total. The molecule has 0 saturated heterocycles. The molecule has 5 nitrogen and oxygen atoms in total. The van der Waals surface area contributed by atoms with Crippen LogP contribution in [0.1, 0.15) is 20.8 Å². The van der Waals surface area contributed by atoms with E-state index < -0.39 is 6.10 Å². The standard InChI is InChI=1S/C20H24N2O3/c1-20(2,3)21-12-15(23)13-24-16-9-10-18-17(11-16)19(22-25-18)14-7-5-4-6-8-14/h4-11,15,21,23H,12-13H2,1-3H3. The summed E-state index contributed by atoms with van der Waals surface area (Å²) in [5.74, 6) is 0.683. The maximum atomic E-state index is 10.1. The third kappa shape index (κ3) is 4.59. The maximum absolute atomic E-state index is 10.1. The summed E-state index contributed by atoms with van der Waals surface area (Å²) in [6, 6.07) is 15.4. The van der Waals surface area contributed by atoms with Crippen molar-refractivity contribution in [2.45, 2.75) is 32.4 Å². The Labute approximate surface area is 147 Å². The maximum Gasteiger partial charge on any atom is 0.167 e. The molecule has 3 aromatic rings. The molecule has 5 heteroatoms. The van der Waals surface area contributed by atoms with Gasteiger partial charge in [-0.25, -0.2) is 0 Å². The highest BCUT2D eigenvalue weighted by atomic mass is 16.5. The zero-order valence-electron chi connectivity index (χ0n) is 14.8. The summed E-state index contributed by atoms with van der Waals surface area (Å²) in [7, 11) is 0. The van der Waals surface area contributed by atoms with Gasteiger partial charge >= 0.3 is 0 Å². The van der Waals surface area contributed by atoms with E-state index in [1.54, 1.807) is 0 Å². The monoisotopic (exact) mass is 340 g/mol. The first-order valence-electron chi connectivity index (χ1n) is 8.43. The fourth-order valence-electron chi connectivity index (χ4n) is 2.49. The van der Waals surface area contributed by atoms with Crippen molar-refractivity contribution in [1.29, 1.82) is 0 Å². The van der Waals surface area contributed by atoms with Gasteiger partial charge in [0.25, 0.3) is 0 Å². The molecule has 0 fully saturated rings. The molecule has 3 rings (SSSR count). The number of nitrogens with zero attached hydrogens (tertiary/aromatic N) is 1. The lowest BCUT2D eigenvalue weighted by atomic mass is 10.1. The van der Waals surface area contributed by atoms with E-state index in [-0.39, 0.29) is 12.1 Å². The molecule has 1 atom stereocenters. The van der Waals surface area contributed by atoms with E-state index in [4.69, 9.17) is 9.26 Å². The largest absolute Gasteiger partial charge is 0.491 e. The molecule has 0 radical (unpaired) electrons. The van der Waals surface area contributed by atoms with Gasteiger partial charge in [-0.2, -0.15) is 0 Å². The summed E-state index contributed by atoms with van der Waals surface area (Å²) in [5, 5.41) is 18.4. The van der Waals surface area contributed by atoms with Gasteiger partial charge in [-0.3, -0.25) is 0 Å². The normalized spacial score (nSPS) is 13.1. The second-order valence-corrected chi connectivity index (χ2v) is 7.15. The molecule has 0 aliphatic carbocycles. The number of hydrogen-bond donors (Lipinski definition) is 2. The quantitative estimate of drug-likeness (QED) is 0.717. The number of aliphatic hydroxyl groups excluding tert-OH is 1. The number of nitrogens with one attached hydrogen (secondary N) is 1. The van der Waals surface area contributed by atoms with Gasteiger partial charge in [0, 0.05) is 17.6 Å². The first-order valence-corrected chi connectivity index (χ1v) is 8.43. The lowest BCUT2D eigenvalue weighted by molar-refractivity contribution is 0.100. The fourth-order valence-corrected chi connectivity index (χ4v) is 2.49. The molecule has 25 heavy (non-hydrogen) atoms. The zero-order valence-corrected chi connectivity index (χ0v) is 14.8. The number of fused-ring (bicyclic) bond motifs is 1. The van der Waals surface area contributed by atoms with Crippen LogP contribution in [0, 0.1) is 0 Å². The fraction of sp³-hybridized carbons (Fsp3) is 0.350. The topological polar surface area (TPSA) is 67.5 Å². The summed E-state index contributed by atoms with van der Waals surface area (Å²) in [6.45, 7) is 6.89. The number of rotatable bonds is 6. The molecule has 1 unspecified atom stereocenters. The van der Waals surface area contributed by atoms with Gasteiger partial charge in [-0.1, -0.05) is 35.5 Å². The minimum absolute atomic E-state index is 0.0348. The number of β-amino-alcohol motifs (C(OH)–C–C–N with tert-alkyl or cyclic N) is 1. The van der Waals surface area contributed by atoms with Crippen LogP contribution in [0.3, 0.4) is 0 Å². The highest BCUT2D eigenvalue weighted by Crippen LogP contribution is 2.30. The van der Waals surface area contributed by atoms with Crippen LogP contribution in [0.2, 0.25) is 0 Å². The van der Waals surface area contributed by atoms with E-state index in [1.807, 2.05) is 48.5 Å². The van der Waals surface area contributed by atoms with Crippen molar-refractivity contribution < 1.29 is 14.4 Å². The second-order valence-electron chi connectivity index (χ2n) is 7.15. The molecular weight excluding hydrogens is 316 g/mol. The molecule has 0 bridgehead atoms. The Bertz CT molecular complexity index is 822. The third-order valence-corrected chi connectivity index (χ3v) is 3.80. The molecule has 0 aliphatic rings. The van der Waals surface area contributed by atoms with Crippen molar-refractivity contribution in [3.05, 3.63) is 48.5 Å². The Morgan fingerprint density at radius 3 is 2.64 bits per heavy atom. The van der Waals surface area contributed by atoms with E-state index in [0.717, 1.165) is 16.6 Å². The van der Waals surface area contributed by atoms with Gasteiger partial charge in [-0.05, 0) is 39.0 Å². The first-order chi connectivity index (χ1) is 11.9. The molecule has 2 aromatic carbocycles.